The first-order valence-corrected chi connectivity index (χ1v) is 12.1. The zero-order valence-corrected chi connectivity index (χ0v) is 20.1. The summed E-state index contributed by atoms with van der Waals surface area (Å²) in [6.45, 7) is 3.79. The molecule has 0 spiro atoms. The molecule has 0 bridgehead atoms. The van der Waals surface area contributed by atoms with Crippen molar-refractivity contribution in [3.05, 3.63) is 76.7 Å². The number of hydrogen-bond donors (Lipinski definition) is 2. The van der Waals surface area contributed by atoms with Gasteiger partial charge in [-0.15, -0.1) is 21.5 Å². The van der Waals surface area contributed by atoms with Gasteiger partial charge in [-0.3, -0.25) is 9.59 Å². The van der Waals surface area contributed by atoms with Gasteiger partial charge in [0.15, 0.2) is 11.0 Å². The maximum atomic E-state index is 12.5. The Labute approximate surface area is 200 Å². The minimum atomic E-state index is -0.161. The smallest absolute Gasteiger partial charge is 0.255 e. The van der Waals surface area contributed by atoms with Gasteiger partial charge < -0.3 is 15.2 Å². The van der Waals surface area contributed by atoms with E-state index in [-0.39, 0.29) is 17.6 Å². The summed E-state index contributed by atoms with van der Waals surface area (Å²) in [7, 11) is 1.89. The van der Waals surface area contributed by atoms with Crippen LogP contribution >= 0.6 is 23.1 Å². The molecule has 2 aromatic heterocycles. The Morgan fingerprint density at radius 2 is 1.82 bits per heavy atom. The fourth-order valence-corrected chi connectivity index (χ4v) is 4.74. The number of nitrogens with one attached hydrogen (secondary N) is 2. The van der Waals surface area contributed by atoms with E-state index in [1.807, 2.05) is 67.2 Å². The summed E-state index contributed by atoms with van der Waals surface area (Å²) >= 11 is 2.93. The molecule has 2 heterocycles. The third-order valence-electron chi connectivity index (χ3n) is 5.06. The Balaban J connectivity index is 1.35. The van der Waals surface area contributed by atoms with Crippen LogP contribution in [-0.4, -0.2) is 32.3 Å². The number of aromatic nitrogens is 3. The van der Waals surface area contributed by atoms with E-state index in [0.717, 1.165) is 21.8 Å². The van der Waals surface area contributed by atoms with E-state index < -0.39 is 0 Å². The largest absolute Gasteiger partial charge is 0.325 e. The van der Waals surface area contributed by atoms with Crippen LogP contribution < -0.4 is 10.6 Å². The van der Waals surface area contributed by atoms with Gasteiger partial charge in [-0.1, -0.05) is 36.0 Å². The highest BCUT2D eigenvalue weighted by Gasteiger charge is 2.14. The van der Waals surface area contributed by atoms with Gasteiger partial charge in [0.1, 0.15) is 0 Å². The molecule has 2 N–H and O–H groups in total. The van der Waals surface area contributed by atoms with Gasteiger partial charge in [-0.2, -0.15) is 0 Å². The van der Waals surface area contributed by atoms with E-state index in [4.69, 9.17) is 0 Å². The van der Waals surface area contributed by atoms with Gasteiger partial charge in [-0.05, 0) is 60.7 Å². The normalized spacial score (nSPS) is 10.8. The average molecular weight is 478 g/mol. The molecule has 2 aromatic carbocycles. The first kappa shape index (κ1) is 22.8. The molecule has 33 heavy (non-hydrogen) atoms. The first-order chi connectivity index (χ1) is 15.9. The molecule has 4 aromatic rings. The van der Waals surface area contributed by atoms with Crippen molar-refractivity contribution in [3.8, 4) is 10.7 Å². The molecule has 0 fully saturated rings. The van der Waals surface area contributed by atoms with Gasteiger partial charge in [0.25, 0.3) is 5.91 Å². The zero-order valence-electron chi connectivity index (χ0n) is 18.5. The van der Waals surface area contributed by atoms with Gasteiger partial charge >= 0.3 is 0 Å². The molecule has 0 unspecified atom stereocenters. The lowest BCUT2D eigenvalue weighted by atomic mass is 10.1. The standard InChI is InChI=1S/C24H23N5O2S2/c1-15-7-4-5-8-18(15)23(31)25-17-10-11-19(16(2)13-17)26-21(30)14-33-24-28-27-22(29(24)3)20-9-6-12-32-20/h4-13H,14H2,1-3H3,(H,25,31)(H,26,30). The number of hydrogen-bond acceptors (Lipinski definition) is 6. The highest BCUT2D eigenvalue weighted by atomic mass is 32.2. The molecular weight excluding hydrogens is 454 g/mol. The Bertz CT molecular complexity index is 1300. The van der Waals surface area contributed by atoms with Crippen molar-refractivity contribution in [2.45, 2.75) is 19.0 Å². The van der Waals surface area contributed by atoms with E-state index >= 15 is 0 Å². The maximum absolute atomic E-state index is 12.5. The van der Waals surface area contributed by atoms with Crippen molar-refractivity contribution in [1.82, 2.24) is 14.8 Å². The lowest BCUT2D eigenvalue weighted by Gasteiger charge is -2.12. The number of rotatable bonds is 7. The minimum Gasteiger partial charge on any atom is -0.325 e. The van der Waals surface area contributed by atoms with Crippen LogP contribution in [0.2, 0.25) is 0 Å². The highest BCUT2D eigenvalue weighted by molar-refractivity contribution is 7.99. The van der Waals surface area contributed by atoms with Crippen molar-refractivity contribution in [2.24, 2.45) is 7.05 Å². The molecule has 4 rings (SSSR count). The third kappa shape index (κ3) is 5.32. The summed E-state index contributed by atoms with van der Waals surface area (Å²) in [4.78, 5) is 26.1. The lowest BCUT2D eigenvalue weighted by Crippen LogP contribution is -2.16. The molecule has 2 amide bonds. The Hall–Kier alpha value is -3.43. The molecule has 9 heteroatoms. The van der Waals surface area contributed by atoms with Crippen molar-refractivity contribution in [2.75, 3.05) is 16.4 Å². The van der Waals surface area contributed by atoms with Crippen molar-refractivity contribution < 1.29 is 9.59 Å². The molecule has 168 valence electrons. The summed E-state index contributed by atoms with van der Waals surface area (Å²) in [6, 6.07) is 16.8. The lowest BCUT2D eigenvalue weighted by molar-refractivity contribution is -0.113. The number of benzene rings is 2. The third-order valence-corrected chi connectivity index (χ3v) is 6.94. The van der Waals surface area contributed by atoms with Crippen LogP contribution in [0.3, 0.4) is 0 Å². The van der Waals surface area contributed by atoms with Crippen molar-refractivity contribution in [1.29, 1.82) is 0 Å². The van der Waals surface area contributed by atoms with Crippen LogP contribution in [0, 0.1) is 13.8 Å². The summed E-state index contributed by atoms with van der Waals surface area (Å²) in [5, 5.41) is 16.9. The van der Waals surface area contributed by atoms with Crippen LogP contribution in [-0.2, 0) is 11.8 Å². The van der Waals surface area contributed by atoms with Gasteiger partial charge in [0, 0.05) is 24.0 Å². The van der Waals surface area contributed by atoms with E-state index in [2.05, 4.69) is 20.8 Å². The number of carbonyl (C=O) groups is 2. The average Bonchev–Trinajstić information content (AvgIpc) is 3.44. The summed E-state index contributed by atoms with van der Waals surface area (Å²) in [6.07, 6.45) is 0. The van der Waals surface area contributed by atoms with Crippen molar-refractivity contribution >= 4 is 46.3 Å². The zero-order chi connectivity index (χ0) is 23.4. The van der Waals surface area contributed by atoms with Crippen LogP contribution in [0.25, 0.3) is 10.7 Å². The number of anilines is 2. The van der Waals surface area contributed by atoms with Crippen LogP contribution in [0.1, 0.15) is 21.5 Å². The molecule has 0 atom stereocenters. The highest BCUT2D eigenvalue weighted by Crippen LogP contribution is 2.26. The number of carbonyl (C=O) groups excluding carboxylic acids is 2. The number of thiophene rings is 1. The van der Waals surface area contributed by atoms with Gasteiger partial charge in [0.2, 0.25) is 5.91 Å². The van der Waals surface area contributed by atoms with E-state index in [1.165, 1.54) is 11.8 Å². The van der Waals surface area contributed by atoms with E-state index in [1.54, 1.807) is 29.5 Å². The number of aryl methyl sites for hydroxylation is 2. The van der Waals surface area contributed by atoms with Gasteiger partial charge in [0.05, 0.1) is 10.6 Å². The van der Waals surface area contributed by atoms with Crippen LogP contribution in [0.15, 0.2) is 65.1 Å². The Morgan fingerprint density at radius 1 is 1.00 bits per heavy atom. The number of thioether (sulfide) groups is 1. The van der Waals surface area contributed by atoms with E-state index in [0.29, 0.717) is 22.1 Å². The van der Waals surface area contributed by atoms with Crippen LogP contribution in [0.5, 0.6) is 0 Å². The molecule has 7 nitrogen and oxygen atoms in total. The van der Waals surface area contributed by atoms with Crippen molar-refractivity contribution in [3.63, 3.8) is 0 Å². The molecule has 0 aliphatic carbocycles. The summed E-state index contributed by atoms with van der Waals surface area (Å²) in [5.74, 6) is 0.695. The first-order valence-electron chi connectivity index (χ1n) is 10.3. The number of amides is 2. The Morgan fingerprint density at radius 3 is 2.55 bits per heavy atom. The van der Waals surface area contributed by atoms with E-state index in [9.17, 15) is 9.59 Å². The molecule has 0 aliphatic rings. The topological polar surface area (TPSA) is 88.9 Å². The second-order valence-corrected chi connectivity index (χ2v) is 9.37. The SMILES string of the molecule is Cc1cc(NC(=O)c2ccccc2C)ccc1NC(=O)CSc1nnc(-c2cccs2)n1C. The second-order valence-electron chi connectivity index (χ2n) is 7.48. The van der Waals surface area contributed by atoms with Crippen LogP contribution in [0.4, 0.5) is 11.4 Å². The predicted molar refractivity (Wildman–Crippen MR) is 134 cm³/mol. The molecule has 0 saturated carbocycles. The molecular formula is C24H23N5O2S2. The quantitative estimate of drug-likeness (QED) is 0.360. The predicted octanol–water partition coefficient (Wildman–Crippen LogP) is 5.14. The number of nitrogens with zero attached hydrogens (tertiary/aromatic N) is 3. The minimum absolute atomic E-state index is 0.138. The summed E-state index contributed by atoms with van der Waals surface area (Å²) in [5.41, 5.74) is 3.78. The maximum Gasteiger partial charge on any atom is 0.255 e. The fourth-order valence-electron chi connectivity index (χ4n) is 3.29. The van der Waals surface area contributed by atoms with Gasteiger partial charge in [-0.25, -0.2) is 0 Å². The Kier molecular flexibility index (Phi) is 6.90. The fraction of sp³-hybridized carbons (Fsp3) is 0.167. The molecule has 0 radical (unpaired) electrons. The monoisotopic (exact) mass is 477 g/mol. The molecule has 0 saturated heterocycles. The second kappa shape index (κ2) is 10.0. The molecule has 0 aliphatic heterocycles. The summed E-state index contributed by atoms with van der Waals surface area (Å²) < 4.78 is 1.89.